The predicted molar refractivity (Wildman–Crippen MR) is 105 cm³/mol. The van der Waals surface area contributed by atoms with Gasteiger partial charge >= 0.3 is 0 Å². The molecule has 3 rings (SSSR count). The lowest BCUT2D eigenvalue weighted by Gasteiger charge is -2.36. The summed E-state index contributed by atoms with van der Waals surface area (Å²) in [6, 6.07) is 11.2. The molecule has 2 aromatic rings. The van der Waals surface area contributed by atoms with Crippen LogP contribution in [0.15, 0.2) is 42.5 Å². The number of halogens is 1. The number of piperazine rings is 1. The SMILES string of the molecule is Cc1ccc(O)c(C(=O)NCCC(=O)N2CCN(c3ccc(F)cc3)CC2)c1. The maximum Gasteiger partial charge on any atom is 0.255 e. The minimum Gasteiger partial charge on any atom is -0.507 e. The quantitative estimate of drug-likeness (QED) is 0.829. The molecule has 6 nitrogen and oxygen atoms in total. The minimum absolute atomic E-state index is 0.0208. The summed E-state index contributed by atoms with van der Waals surface area (Å²) in [6.45, 7) is 4.59. The van der Waals surface area contributed by atoms with E-state index in [4.69, 9.17) is 0 Å². The molecule has 2 amide bonds. The van der Waals surface area contributed by atoms with E-state index in [2.05, 4.69) is 10.2 Å². The van der Waals surface area contributed by atoms with Crippen LogP contribution in [0.3, 0.4) is 0 Å². The number of nitrogens with zero attached hydrogens (tertiary/aromatic N) is 2. The number of nitrogens with one attached hydrogen (secondary N) is 1. The molecule has 0 aliphatic carbocycles. The van der Waals surface area contributed by atoms with Gasteiger partial charge in [-0.3, -0.25) is 9.59 Å². The fourth-order valence-corrected chi connectivity index (χ4v) is 3.23. The summed E-state index contributed by atoms with van der Waals surface area (Å²) in [4.78, 5) is 28.4. The highest BCUT2D eigenvalue weighted by molar-refractivity contribution is 5.97. The van der Waals surface area contributed by atoms with Crippen LogP contribution in [0.5, 0.6) is 5.75 Å². The highest BCUT2D eigenvalue weighted by atomic mass is 19.1. The molecular weight excluding hydrogens is 361 g/mol. The van der Waals surface area contributed by atoms with Gasteiger partial charge in [0.05, 0.1) is 5.56 Å². The first-order valence-electron chi connectivity index (χ1n) is 9.30. The number of phenols is 1. The lowest BCUT2D eigenvalue weighted by Crippen LogP contribution is -2.49. The van der Waals surface area contributed by atoms with Crippen molar-refractivity contribution < 1.29 is 19.1 Å². The molecule has 0 atom stereocenters. The largest absolute Gasteiger partial charge is 0.507 e. The van der Waals surface area contributed by atoms with E-state index >= 15 is 0 Å². The smallest absolute Gasteiger partial charge is 0.255 e. The van der Waals surface area contributed by atoms with Crippen LogP contribution in [0, 0.1) is 12.7 Å². The van der Waals surface area contributed by atoms with Crippen LogP contribution in [-0.2, 0) is 4.79 Å². The van der Waals surface area contributed by atoms with Crippen molar-refractivity contribution in [1.82, 2.24) is 10.2 Å². The molecule has 2 N–H and O–H groups in total. The number of carbonyl (C=O) groups excluding carboxylic acids is 2. The van der Waals surface area contributed by atoms with Crippen molar-refractivity contribution in [2.75, 3.05) is 37.6 Å². The number of hydrogen-bond acceptors (Lipinski definition) is 4. The summed E-state index contributed by atoms with van der Waals surface area (Å²) < 4.78 is 13.0. The number of aryl methyl sites for hydroxylation is 1. The third kappa shape index (κ3) is 4.79. The third-order valence-corrected chi connectivity index (χ3v) is 4.85. The number of rotatable bonds is 5. The predicted octanol–water partition coefficient (Wildman–Crippen LogP) is 2.31. The van der Waals surface area contributed by atoms with Gasteiger partial charge in [-0.15, -0.1) is 0 Å². The normalized spacial score (nSPS) is 14.1. The van der Waals surface area contributed by atoms with Gasteiger partial charge in [-0.25, -0.2) is 4.39 Å². The Morgan fingerprint density at radius 1 is 1.07 bits per heavy atom. The van der Waals surface area contributed by atoms with Gasteiger partial charge < -0.3 is 20.2 Å². The Hall–Kier alpha value is -3.09. The molecule has 1 fully saturated rings. The Balaban J connectivity index is 1.44. The summed E-state index contributed by atoms with van der Waals surface area (Å²) in [6.07, 6.45) is 0.203. The summed E-state index contributed by atoms with van der Waals surface area (Å²) in [5, 5.41) is 12.5. The van der Waals surface area contributed by atoms with Crippen LogP contribution in [-0.4, -0.2) is 54.5 Å². The first-order valence-corrected chi connectivity index (χ1v) is 9.30. The van der Waals surface area contributed by atoms with E-state index in [1.165, 1.54) is 18.2 Å². The molecular formula is C21H24FN3O3. The first kappa shape index (κ1) is 19.7. The molecule has 0 unspecified atom stereocenters. The van der Waals surface area contributed by atoms with E-state index in [1.807, 2.05) is 6.92 Å². The Morgan fingerprint density at radius 3 is 2.43 bits per heavy atom. The number of carbonyl (C=O) groups is 2. The molecule has 7 heteroatoms. The lowest BCUT2D eigenvalue weighted by molar-refractivity contribution is -0.131. The lowest BCUT2D eigenvalue weighted by atomic mass is 10.1. The number of benzene rings is 2. The van der Waals surface area contributed by atoms with Crippen molar-refractivity contribution in [1.29, 1.82) is 0 Å². The van der Waals surface area contributed by atoms with E-state index in [1.54, 1.807) is 29.2 Å². The van der Waals surface area contributed by atoms with Crippen molar-refractivity contribution >= 4 is 17.5 Å². The second kappa shape index (κ2) is 8.73. The molecule has 2 aromatic carbocycles. The fourth-order valence-electron chi connectivity index (χ4n) is 3.23. The number of amides is 2. The standard InChI is InChI=1S/C21H24FN3O3/c1-15-2-7-19(26)18(14-15)21(28)23-9-8-20(27)25-12-10-24(11-13-25)17-5-3-16(22)4-6-17/h2-7,14,26H,8-13H2,1H3,(H,23,28). The van der Waals surface area contributed by atoms with Crippen LogP contribution in [0.1, 0.15) is 22.3 Å². The summed E-state index contributed by atoms with van der Waals surface area (Å²) >= 11 is 0. The number of aromatic hydroxyl groups is 1. The van der Waals surface area contributed by atoms with E-state index < -0.39 is 5.91 Å². The minimum atomic E-state index is -0.393. The van der Waals surface area contributed by atoms with Gasteiger partial charge in [0.25, 0.3) is 5.91 Å². The molecule has 1 aliphatic heterocycles. The van der Waals surface area contributed by atoms with Gasteiger partial charge in [-0.1, -0.05) is 11.6 Å². The molecule has 1 aliphatic rings. The van der Waals surface area contributed by atoms with Crippen molar-refractivity contribution in [3.8, 4) is 5.75 Å². The van der Waals surface area contributed by atoms with Gasteiger partial charge in [-0.05, 0) is 43.3 Å². The Bertz CT molecular complexity index is 846. The van der Waals surface area contributed by atoms with Gasteiger partial charge in [0.1, 0.15) is 11.6 Å². The van der Waals surface area contributed by atoms with Crippen LogP contribution in [0.25, 0.3) is 0 Å². The highest BCUT2D eigenvalue weighted by Gasteiger charge is 2.21. The van der Waals surface area contributed by atoms with E-state index in [0.29, 0.717) is 26.2 Å². The first-order chi connectivity index (χ1) is 13.4. The van der Waals surface area contributed by atoms with Gasteiger partial charge in [0.2, 0.25) is 5.91 Å². The average Bonchev–Trinajstić information content (AvgIpc) is 2.70. The van der Waals surface area contributed by atoms with Crippen molar-refractivity contribution in [3.63, 3.8) is 0 Å². The van der Waals surface area contributed by atoms with Gasteiger partial charge in [0.15, 0.2) is 0 Å². The van der Waals surface area contributed by atoms with E-state index in [9.17, 15) is 19.1 Å². The molecule has 1 heterocycles. The average molecular weight is 385 g/mol. The number of hydrogen-bond donors (Lipinski definition) is 2. The fraction of sp³-hybridized carbons (Fsp3) is 0.333. The second-order valence-electron chi connectivity index (χ2n) is 6.87. The monoisotopic (exact) mass is 385 g/mol. The van der Waals surface area contributed by atoms with Crippen LogP contribution in [0.4, 0.5) is 10.1 Å². The number of phenolic OH excluding ortho intramolecular Hbond substituents is 1. The van der Waals surface area contributed by atoms with Crippen LogP contribution in [0.2, 0.25) is 0 Å². The maximum atomic E-state index is 13.0. The molecule has 0 aromatic heterocycles. The van der Waals surface area contributed by atoms with Crippen molar-refractivity contribution in [2.45, 2.75) is 13.3 Å². The van der Waals surface area contributed by atoms with Crippen molar-refractivity contribution in [2.24, 2.45) is 0 Å². The zero-order chi connectivity index (χ0) is 20.1. The summed E-state index contributed by atoms with van der Waals surface area (Å²) in [7, 11) is 0. The van der Waals surface area contributed by atoms with Gasteiger partial charge in [0, 0.05) is 44.8 Å². The zero-order valence-electron chi connectivity index (χ0n) is 15.8. The topological polar surface area (TPSA) is 72.9 Å². The summed E-state index contributed by atoms with van der Waals surface area (Å²) in [5.74, 6) is -0.757. The molecule has 0 spiro atoms. The Kier molecular flexibility index (Phi) is 6.13. The number of anilines is 1. The Labute approximate surface area is 163 Å². The zero-order valence-corrected chi connectivity index (χ0v) is 15.8. The Morgan fingerprint density at radius 2 is 1.75 bits per heavy atom. The van der Waals surface area contributed by atoms with Crippen LogP contribution >= 0.6 is 0 Å². The van der Waals surface area contributed by atoms with Crippen LogP contribution < -0.4 is 10.2 Å². The molecule has 0 radical (unpaired) electrons. The maximum absolute atomic E-state index is 13.0. The molecule has 148 valence electrons. The molecule has 1 saturated heterocycles. The van der Waals surface area contributed by atoms with E-state index in [-0.39, 0.29) is 36.0 Å². The molecule has 0 bridgehead atoms. The highest BCUT2D eigenvalue weighted by Crippen LogP contribution is 2.18. The van der Waals surface area contributed by atoms with Gasteiger partial charge in [-0.2, -0.15) is 0 Å². The van der Waals surface area contributed by atoms with Crippen molar-refractivity contribution in [3.05, 3.63) is 59.4 Å². The molecule has 28 heavy (non-hydrogen) atoms. The molecule has 0 saturated carbocycles. The third-order valence-electron chi connectivity index (χ3n) is 4.85. The summed E-state index contributed by atoms with van der Waals surface area (Å²) in [5.41, 5.74) is 2.03. The van der Waals surface area contributed by atoms with E-state index in [0.717, 1.165) is 11.3 Å². The second-order valence-corrected chi connectivity index (χ2v) is 6.87.